The van der Waals surface area contributed by atoms with E-state index in [0.717, 1.165) is 5.69 Å². The van der Waals surface area contributed by atoms with Crippen LogP contribution in [-0.4, -0.2) is 25.7 Å². The third-order valence-corrected chi connectivity index (χ3v) is 4.13. The summed E-state index contributed by atoms with van der Waals surface area (Å²) < 4.78 is 16.1. The van der Waals surface area contributed by atoms with Crippen LogP contribution in [0.4, 0.5) is 10.2 Å². The number of nitrogens with zero attached hydrogens (tertiary/aromatic N) is 4. The number of amides is 1. The Bertz CT molecular complexity index is 950. The van der Waals surface area contributed by atoms with Gasteiger partial charge in [0, 0.05) is 28.3 Å². The van der Waals surface area contributed by atoms with Crippen molar-refractivity contribution in [3.05, 3.63) is 64.3 Å². The van der Waals surface area contributed by atoms with E-state index < -0.39 is 11.7 Å². The van der Waals surface area contributed by atoms with Crippen molar-refractivity contribution in [2.24, 2.45) is 0 Å². The van der Waals surface area contributed by atoms with E-state index in [9.17, 15) is 9.18 Å². The minimum Gasteiger partial charge on any atom is -0.306 e. The van der Waals surface area contributed by atoms with Gasteiger partial charge in [0.25, 0.3) is 11.9 Å². The first kappa shape index (κ1) is 18.2. The van der Waals surface area contributed by atoms with Gasteiger partial charge < -0.3 is 5.32 Å². The van der Waals surface area contributed by atoms with E-state index in [0.29, 0.717) is 16.2 Å². The largest absolute Gasteiger partial charge is 0.306 e. The molecule has 0 atom stereocenters. The summed E-state index contributed by atoms with van der Waals surface area (Å²) in [5.74, 6) is -0.511. The Labute approximate surface area is 158 Å². The van der Waals surface area contributed by atoms with Crippen molar-refractivity contribution >= 4 is 27.7 Å². The number of hydrogen-bond acceptors (Lipinski definition) is 4. The van der Waals surface area contributed by atoms with Crippen molar-refractivity contribution < 1.29 is 9.18 Å². The number of halogens is 2. The summed E-state index contributed by atoms with van der Waals surface area (Å²) in [4.78, 5) is 20.9. The van der Waals surface area contributed by atoms with Crippen molar-refractivity contribution in [2.75, 3.05) is 5.32 Å². The molecule has 0 fully saturated rings. The molecule has 1 amide bonds. The molecule has 1 N–H and O–H groups in total. The van der Waals surface area contributed by atoms with E-state index >= 15 is 0 Å². The molecule has 3 aromatic rings. The van der Waals surface area contributed by atoms with Gasteiger partial charge in [-0.25, -0.2) is 14.4 Å². The second-order valence-electron chi connectivity index (χ2n) is 6.70. The maximum Gasteiger partial charge on any atom is 0.259 e. The molecule has 6 nitrogen and oxygen atoms in total. The summed E-state index contributed by atoms with van der Waals surface area (Å²) in [5.41, 5.74) is 0.425. The molecule has 0 aliphatic carbocycles. The van der Waals surface area contributed by atoms with E-state index in [1.807, 2.05) is 20.8 Å². The lowest BCUT2D eigenvalue weighted by molar-refractivity contribution is 0.102. The number of rotatable bonds is 3. The topological polar surface area (TPSA) is 72.7 Å². The highest BCUT2D eigenvalue weighted by Crippen LogP contribution is 2.26. The molecular formula is C18H17BrFN5O. The molecule has 3 rings (SSSR count). The van der Waals surface area contributed by atoms with Crippen LogP contribution in [0.1, 0.15) is 36.8 Å². The zero-order chi connectivity index (χ0) is 18.9. The fourth-order valence-corrected chi connectivity index (χ4v) is 2.61. The summed E-state index contributed by atoms with van der Waals surface area (Å²) in [6.07, 6.45) is 3.17. The lowest BCUT2D eigenvalue weighted by Gasteiger charge is -2.13. The number of aromatic nitrogens is 4. The molecule has 2 heterocycles. The van der Waals surface area contributed by atoms with Gasteiger partial charge in [0.05, 0.1) is 11.3 Å². The number of benzene rings is 1. The predicted molar refractivity (Wildman–Crippen MR) is 99.9 cm³/mol. The highest BCUT2D eigenvalue weighted by molar-refractivity contribution is 9.10. The predicted octanol–water partition coefficient (Wildman–Crippen LogP) is 4.11. The Kier molecular flexibility index (Phi) is 4.86. The maximum atomic E-state index is 14.0. The Morgan fingerprint density at radius 3 is 2.54 bits per heavy atom. The normalized spacial score (nSPS) is 11.4. The fraction of sp³-hybridized carbons (Fsp3) is 0.222. The van der Waals surface area contributed by atoms with E-state index in [2.05, 4.69) is 36.3 Å². The zero-order valence-corrected chi connectivity index (χ0v) is 16.1. The van der Waals surface area contributed by atoms with Gasteiger partial charge in [-0.3, -0.25) is 4.79 Å². The average molecular weight is 418 g/mol. The fourth-order valence-electron chi connectivity index (χ4n) is 2.24. The van der Waals surface area contributed by atoms with Gasteiger partial charge >= 0.3 is 0 Å². The quantitative estimate of drug-likeness (QED) is 0.695. The Hall–Kier alpha value is -2.61. The summed E-state index contributed by atoms with van der Waals surface area (Å²) in [6.45, 7) is 6.02. The number of hydrogen-bond donors (Lipinski definition) is 1. The second kappa shape index (κ2) is 6.95. The van der Waals surface area contributed by atoms with Crippen LogP contribution in [0.2, 0.25) is 0 Å². The van der Waals surface area contributed by atoms with E-state index in [-0.39, 0.29) is 11.0 Å². The molecule has 2 aromatic heterocycles. The highest BCUT2D eigenvalue weighted by Gasteiger charge is 2.23. The molecule has 0 radical (unpaired) electrons. The van der Waals surface area contributed by atoms with Crippen LogP contribution in [-0.2, 0) is 5.41 Å². The first-order valence-electron chi connectivity index (χ1n) is 7.90. The highest BCUT2D eigenvalue weighted by atomic mass is 79.9. The van der Waals surface area contributed by atoms with Gasteiger partial charge in [0.2, 0.25) is 0 Å². The van der Waals surface area contributed by atoms with Crippen LogP contribution in [0.15, 0.2) is 47.2 Å². The van der Waals surface area contributed by atoms with E-state index in [1.54, 1.807) is 24.5 Å². The summed E-state index contributed by atoms with van der Waals surface area (Å²) in [7, 11) is 0. The molecule has 26 heavy (non-hydrogen) atoms. The molecule has 0 unspecified atom stereocenters. The smallest absolute Gasteiger partial charge is 0.259 e. The molecule has 1 aromatic carbocycles. The number of nitrogens with one attached hydrogen (secondary N) is 1. The minimum absolute atomic E-state index is 0.0709. The molecule has 0 spiro atoms. The van der Waals surface area contributed by atoms with Gasteiger partial charge in [0.1, 0.15) is 11.6 Å². The van der Waals surface area contributed by atoms with Gasteiger partial charge in [0.15, 0.2) is 0 Å². The molecule has 0 saturated heterocycles. The molecular weight excluding hydrogens is 401 g/mol. The average Bonchev–Trinajstić information content (AvgIpc) is 3.02. The Balaban J connectivity index is 2.02. The van der Waals surface area contributed by atoms with Crippen LogP contribution >= 0.6 is 15.9 Å². The van der Waals surface area contributed by atoms with Crippen molar-refractivity contribution in [1.82, 2.24) is 19.7 Å². The van der Waals surface area contributed by atoms with Crippen molar-refractivity contribution in [3.63, 3.8) is 0 Å². The molecule has 134 valence electrons. The van der Waals surface area contributed by atoms with Crippen LogP contribution in [0.3, 0.4) is 0 Å². The van der Waals surface area contributed by atoms with Crippen LogP contribution < -0.4 is 5.32 Å². The first-order chi connectivity index (χ1) is 12.3. The van der Waals surface area contributed by atoms with E-state index in [1.165, 1.54) is 22.9 Å². The minimum atomic E-state index is -0.608. The zero-order valence-electron chi connectivity index (χ0n) is 14.5. The van der Waals surface area contributed by atoms with Crippen molar-refractivity contribution in [1.29, 1.82) is 0 Å². The van der Waals surface area contributed by atoms with Gasteiger partial charge in [-0.15, -0.1) is 0 Å². The molecule has 8 heteroatoms. The lowest BCUT2D eigenvalue weighted by Crippen LogP contribution is -2.17. The third-order valence-electron chi connectivity index (χ3n) is 3.63. The van der Waals surface area contributed by atoms with E-state index in [4.69, 9.17) is 0 Å². The third kappa shape index (κ3) is 3.80. The summed E-state index contributed by atoms with van der Waals surface area (Å²) >= 11 is 3.25. The summed E-state index contributed by atoms with van der Waals surface area (Å²) in [5, 5.41) is 7.22. The maximum absolute atomic E-state index is 14.0. The number of anilines is 1. The van der Waals surface area contributed by atoms with Gasteiger partial charge in [-0.05, 0) is 24.3 Å². The standard InChI is InChI=1S/C18H17BrFN5O/c1-18(2,3)14-10-15(25(24-14)17-21-7-4-8-22-17)23-16(26)12-9-11(19)5-6-13(12)20/h4-10H,1-3H3,(H,23,26). The molecule has 0 aliphatic rings. The van der Waals surface area contributed by atoms with Crippen molar-refractivity contribution in [2.45, 2.75) is 26.2 Å². The van der Waals surface area contributed by atoms with Crippen molar-refractivity contribution in [3.8, 4) is 5.95 Å². The lowest BCUT2D eigenvalue weighted by atomic mass is 9.92. The van der Waals surface area contributed by atoms with Crippen LogP contribution in [0, 0.1) is 5.82 Å². The first-order valence-corrected chi connectivity index (χ1v) is 8.69. The van der Waals surface area contributed by atoms with Crippen LogP contribution in [0.5, 0.6) is 0 Å². The summed E-state index contributed by atoms with van der Waals surface area (Å²) in [6, 6.07) is 7.62. The molecule has 0 aliphatic heterocycles. The number of carbonyl (C=O) groups is 1. The van der Waals surface area contributed by atoms with Gasteiger partial charge in [-0.2, -0.15) is 9.78 Å². The SMILES string of the molecule is CC(C)(C)c1cc(NC(=O)c2cc(Br)ccc2F)n(-c2ncccn2)n1. The van der Waals surface area contributed by atoms with Crippen LogP contribution in [0.25, 0.3) is 5.95 Å². The molecule has 0 bridgehead atoms. The number of carbonyl (C=O) groups excluding carboxylic acids is 1. The molecule has 0 saturated carbocycles. The second-order valence-corrected chi connectivity index (χ2v) is 7.62. The van der Waals surface area contributed by atoms with Gasteiger partial charge in [-0.1, -0.05) is 36.7 Å². The Morgan fingerprint density at radius 1 is 1.19 bits per heavy atom. The monoisotopic (exact) mass is 417 g/mol. The Morgan fingerprint density at radius 2 is 1.88 bits per heavy atom.